The Morgan fingerprint density at radius 1 is 1.19 bits per heavy atom. The molecule has 2 aromatic carbocycles. The third kappa shape index (κ3) is 3.10. The molecule has 3 aromatic rings. The number of anilines is 1. The van der Waals surface area contributed by atoms with E-state index in [0.29, 0.717) is 29.7 Å². The average molecular weight is 368 g/mol. The maximum Gasteiger partial charge on any atom is 0.257 e. The van der Waals surface area contributed by atoms with Gasteiger partial charge >= 0.3 is 0 Å². The summed E-state index contributed by atoms with van der Waals surface area (Å²) in [6, 6.07) is 13.6. The van der Waals surface area contributed by atoms with E-state index in [0.717, 1.165) is 22.4 Å². The normalized spacial score (nSPS) is 17.1. The molecule has 1 aromatic heterocycles. The number of halogens is 1. The SMILES string of the molecule is Cc1cccc(-c2nc(C3CC(=O)N(c4ccc(C)c(Cl)c4)C3)no2)c1. The molecule has 0 aliphatic carbocycles. The number of benzene rings is 2. The lowest BCUT2D eigenvalue weighted by Crippen LogP contribution is -2.24. The summed E-state index contributed by atoms with van der Waals surface area (Å²) in [6.07, 6.45) is 0.359. The first-order valence-electron chi connectivity index (χ1n) is 8.48. The van der Waals surface area contributed by atoms with Crippen molar-refractivity contribution in [3.05, 3.63) is 64.4 Å². The number of hydrogen-bond donors (Lipinski definition) is 0. The Balaban J connectivity index is 1.56. The number of carbonyl (C=O) groups is 1. The van der Waals surface area contributed by atoms with Crippen molar-refractivity contribution in [1.29, 1.82) is 0 Å². The fourth-order valence-electron chi connectivity index (χ4n) is 3.18. The molecule has 1 unspecified atom stereocenters. The van der Waals surface area contributed by atoms with E-state index in [1.54, 1.807) is 4.90 Å². The van der Waals surface area contributed by atoms with E-state index in [2.05, 4.69) is 10.1 Å². The van der Waals surface area contributed by atoms with Crippen LogP contribution in [0.1, 0.15) is 29.3 Å². The molecule has 0 bridgehead atoms. The lowest BCUT2D eigenvalue weighted by molar-refractivity contribution is -0.117. The number of hydrogen-bond acceptors (Lipinski definition) is 4. The van der Waals surface area contributed by atoms with Gasteiger partial charge in [0, 0.05) is 35.2 Å². The van der Waals surface area contributed by atoms with Crippen molar-refractivity contribution in [1.82, 2.24) is 10.1 Å². The third-order valence-electron chi connectivity index (χ3n) is 4.66. The summed E-state index contributed by atoms with van der Waals surface area (Å²) >= 11 is 6.20. The summed E-state index contributed by atoms with van der Waals surface area (Å²) < 4.78 is 5.42. The molecule has 132 valence electrons. The van der Waals surface area contributed by atoms with Gasteiger partial charge in [0.15, 0.2) is 5.82 Å². The van der Waals surface area contributed by atoms with E-state index in [-0.39, 0.29) is 11.8 Å². The van der Waals surface area contributed by atoms with Gasteiger partial charge in [-0.3, -0.25) is 4.79 Å². The van der Waals surface area contributed by atoms with Gasteiger partial charge in [0.1, 0.15) is 0 Å². The Morgan fingerprint density at radius 3 is 2.81 bits per heavy atom. The number of carbonyl (C=O) groups excluding carboxylic acids is 1. The lowest BCUT2D eigenvalue weighted by Gasteiger charge is -2.17. The topological polar surface area (TPSA) is 59.2 Å². The molecule has 6 heteroatoms. The predicted molar refractivity (Wildman–Crippen MR) is 100 cm³/mol. The summed E-state index contributed by atoms with van der Waals surface area (Å²) in [5, 5.41) is 4.76. The summed E-state index contributed by atoms with van der Waals surface area (Å²) in [4.78, 5) is 18.7. The number of aromatic nitrogens is 2. The van der Waals surface area contributed by atoms with E-state index < -0.39 is 0 Å². The zero-order chi connectivity index (χ0) is 18.3. The number of nitrogens with zero attached hydrogens (tertiary/aromatic N) is 3. The van der Waals surface area contributed by atoms with Crippen LogP contribution in [-0.4, -0.2) is 22.6 Å². The minimum absolute atomic E-state index is 0.0387. The molecule has 5 nitrogen and oxygen atoms in total. The smallest absolute Gasteiger partial charge is 0.257 e. The van der Waals surface area contributed by atoms with Crippen LogP contribution in [-0.2, 0) is 4.79 Å². The summed E-state index contributed by atoms with van der Waals surface area (Å²) in [6.45, 7) is 4.47. The predicted octanol–water partition coefficient (Wildman–Crippen LogP) is 4.53. The molecule has 1 amide bonds. The molecule has 1 fully saturated rings. The fraction of sp³-hybridized carbons (Fsp3) is 0.250. The maximum absolute atomic E-state index is 12.5. The van der Waals surface area contributed by atoms with Gasteiger partial charge in [-0.2, -0.15) is 4.98 Å². The number of amides is 1. The van der Waals surface area contributed by atoms with Gasteiger partial charge in [-0.25, -0.2) is 0 Å². The second kappa shape index (κ2) is 6.57. The molecule has 2 heterocycles. The molecule has 4 rings (SSSR count). The van der Waals surface area contributed by atoms with E-state index in [9.17, 15) is 4.79 Å². The Hall–Kier alpha value is -2.66. The molecule has 0 saturated carbocycles. The second-order valence-electron chi connectivity index (χ2n) is 6.67. The van der Waals surface area contributed by atoms with Gasteiger partial charge in [0.2, 0.25) is 5.91 Å². The van der Waals surface area contributed by atoms with Crippen LogP contribution in [0.5, 0.6) is 0 Å². The summed E-state index contributed by atoms with van der Waals surface area (Å²) in [5.74, 6) is 0.991. The Kier molecular flexibility index (Phi) is 4.24. The van der Waals surface area contributed by atoms with Crippen molar-refractivity contribution in [3.8, 4) is 11.5 Å². The van der Waals surface area contributed by atoms with Crippen molar-refractivity contribution in [2.75, 3.05) is 11.4 Å². The first-order chi connectivity index (χ1) is 12.5. The molecule has 1 saturated heterocycles. The molecule has 1 aliphatic rings. The van der Waals surface area contributed by atoms with Crippen LogP contribution >= 0.6 is 11.6 Å². The lowest BCUT2D eigenvalue weighted by atomic mass is 10.1. The van der Waals surface area contributed by atoms with Crippen molar-refractivity contribution >= 4 is 23.2 Å². The minimum Gasteiger partial charge on any atom is -0.334 e. The minimum atomic E-state index is -0.0927. The van der Waals surface area contributed by atoms with Crippen molar-refractivity contribution in [2.24, 2.45) is 0 Å². The molecule has 26 heavy (non-hydrogen) atoms. The van der Waals surface area contributed by atoms with Crippen molar-refractivity contribution in [3.63, 3.8) is 0 Å². The van der Waals surface area contributed by atoms with E-state index in [1.807, 2.05) is 56.3 Å². The highest BCUT2D eigenvalue weighted by Gasteiger charge is 2.34. The van der Waals surface area contributed by atoms with Crippen LogP contribution in [0.25, 0.3) is 11.5 Å². The third-order valence-corrected chi connectivity index (χ3v) is 5.07. The van der Waals surface area contributed by atoms with Gasteiger partial charge in [0.05, 0.1) is 0 Å². The fourth-order valence-corrected chi connectivity index (χ4v) is 3.35. The largest absolute Gasteiger partial charge is 0.334 e. The molecular weight excluding hydrogens is 350 g/mol. The van der Waals surface area contributed by atoms with Crippen LogP contribution in [0.4, 0.5) is 5.69 Å². The van der Waals surface area contributed by atoms with E-state index >= 15 is 0 Å². The highest BCUT2D eigenvalue weighted by atomic mass is 35.5. The van der Waals surface area contributed by atoms with Crippen LogP contribution < -0.4 is 4.90 Å². The molecule has 1 aliphatic heterocycles. The molecule has 0 spiro atoms. The summed E-state index contributed by atoms with van der Waals surface area (Å²) in [5.41, 5.74) is 3.80. The average Bonchev–Trinajstić information content (AvgIpc) is 3.24. The standard InChI is InChI=1S/C20H18ClN3O2/c1-12-4-3-5-14(8-12)20-22-19(23-26-20)15-9-18(25)24(11-15)16-7-6-13(2)17(21)10-16/h3-8,10,15H,9,11H2,1-2H3. The molecular formula is C20H18ClN3O2. The van der Waals surface area contributed by atoms with Gasteiger partial charge in [-0.15, -0.1) is 0 Å². The van der Waals surface area contributed by atoms with Crippen LogP contribution in [0.2, 0.25) is 5.02 Å². The van der Waals surface area contributed by atoms with Crippen molar-refractivity contribution < 1.29 is 9.32 Å². The Labute approximate surface area is 156 Å². The monoisotopic (exact) mass is 367 g/mol. The van der Waals surface area contributed by atoms with Gasteiger partial charge < -0.3 is 9.42 Å². The second-order valence-corrected chi connectivity index (χ2v) is 7.07. The van der Waals surface area contributed by atoms with Gasteiger partial charge in [0.25, 0.3) is 5.89 Å². The van der Waals surface area contributed by atoms with Gasteiger partial charge in [-0.1, -0.05) is 40.5 Å². The highest BCUT2D eigenvalue weighted by molar-refractivity contribution is 6.31. The van der Waals surface area contributed by atoms with Crippen molar-refractivity contribution in [2.45, 2.75) is 26.2 Å². The quantitative estimate of drug-likeness (QED) is 0.682. The first-order valence-corrected chi connectivity index (χ1v) is 8.86. The first kappa shape index (κ1) is 16.8. The van der Waals surface area contributed by atoms with E-state index in [1.165, 1.54) is 0 Å². The van der Waals surface area contributed by atoms with Crippen LogP contribution in [0, 0.1) is 13.8 Å². The molecule has 1 atom stereocenters. The highest BCUT2D eigenvalue weighted by Crippen LogP contribution is 2.33. The zero-order valence-electron chi connectivity index (χ0n) is 14.6. The molecule has 0 radical (unpaired) electrons. The maximum atomic E-state index is 12.5. The molecule has 0 N–H and O–H groups in total. The van der Waals surface area contributed by atoms with Crippen LogP contribution in [0.15, 0.2) is 47.0 Å². The number of rotatable bonds is 3. The summed E-state index contributed by atoms with van der Waals surface area (Å²) in [7, 11) is 0. The van der Waals surface area contributed by atoms with Crippen LogP contribution in [0.3, 0.4) is 0 Å². The Bertz CT molecular complexity index is 983. The van der Waals surface area contributed by atoms with E-state index in [4.69, 9.17) is 16.1 Å². The number of aryl methyl sites for hydroxylation is 2. The van der Waals surface area contributed by atoms with Gasteiger partial charge in [-0.05, 0) is 43.7 Å². The zero-order valence-corrected chi connectivity index (χ0v) is 15.3. The Morgan fingerprint density at radius 2 is 2.04 bits per heavy atom.